The minimum atomic E-state index is -0.291. The molecule has 1 aliphatic carbocycles. The number of carbonyl (C=O) groups is 2. The summed E-state index contributed by atoms with van der Waals surface area (Å²) in [5.74, 6) is -0.0293. The molecule has 5 nitrogen and oxygen atoms in total. The Balaban J connectivity index is 1.53. The summed E-state index contributed by atoms with van der Waals surface area (Å²) >= 11 is 0. The van der Waals surface area contributed by atoms with Crippen LogP contribution in [0.4, 0.5) is 0 Å². The molecule has 2 N–H and O–H groups in total. The second kappa shape index (κ2) is 8.00. The standard InChI is InChI=1S/C20H28N2O3/c23-17-10-14-22(15-11-17)19(25)9-8-18(24)21-20(12-4-5-13-20)16-6-2-1-3-7-16/h1-3,6-7,17,23H,4-5,8-15H2,(H,21,24). The van der Waals surface area contributed by atoms with E-state index < -0.39 is 0 Å². The Morgan fingerprint density at radius 3 is 2.36 bits per heavy atom. The van der Waals surface area contributed by atoms with Crippen molar-refractivity contribution in [3.8, 4) is 0 Å². The summed E-state index contributed by atoms with van der Waals surface area (Å²) in [4.78, 5) is 26.5. The van der Waals surface area contributed by atoms with Crippen molar-refractivity contribution in [2.45, 2.75) is 63.0 Å². The molecule has 1 aliphatic heterocycles. The Kier molecular flexibility index (Phi) is 5.74. The summed E-state index contributed by atoms with van der Waals surface area (Å²) in [5, 5.41) is 12.7. The Bertz CT molecular complexity index is 588. The molecule has 3 rings (SSSR count). The summed E-state index contributed by atoms with van der Waals surface area (Å²) in [6.07, 6.45) is 5.60. The van der Waals surface area contributed by atoms with Gasteiger partial charge in [0.1, 0.15) is 0 Å². The van der Waals surface area contributed by atoms with Crippen LogP contribution in [0.2, 0.25) is 0 Å². The molecular weight excluding hydrogens is 316 g/mol. The van der Waals surface area contributed by atoms with Crippen LogP contribution >= 0.6 is 0 Å². The second-order valence-corrected chi connectivity index (χ2v) is 7.32. The lowest BCUT2D eigenvalue weighted by molar-refractivity contribution is -0.135. The highest BCUT2D eigenvalue weighted by Gasteiger charge is 2.36. The van der Waals surface area contributed by atoms with E-state index in [0.717, 1.165) is 31.2 Å². The minimum absolute atomic E-state index is 0.0160. The number of nitrogens with one attached hydrogen (secondary N) is 1. The predicted octanol–water partition coefficient (Wildman–Crippen LogP) is 2.34. The summed E-state index contributed by atoms with van der Waals surface area (Å²) in [5.41, 5.74) is 0.897. The fourth-order valence-corrected chi connectivity index (χ4v) is 4.04. The third kappa shape index (κ3) is 4.40. The molecule has 0 atom stereocenters. The molecule has 1 heterocycles. The largest absolute Gasteiger partial charge is 0.393 e. The van der Waals surface area contributed by atoms with E-state index >= 15 is 0 Å². The highest BCUT2D eigenvalue weighted by atomic mass is 16.3. The van der Waals surface area contributed by atoms with Crippen molar-refractivity contribution >= 4 is 11.8 Å². The molecule has 0 bridgehead atoms. The zero-order chi connectivity index (χ0) is 17.7. The normalized spacial score (nSPS) is 20.4. The molecule has 25 heavy (non-hydrogen) atoms. The van der Waals surface area contributed by atoms with Crippen LogP contribution < -0.4 is 5.32 Å². The van der Waals surface area contributed by atoms with Crippen LogP contribution in [0.5, 0.6) is 0 Å². The topological polar surface area (TPSA) is 69.6 Å². The van der Waals surface area contributed by atoms with Crippen molar-refractivity contribution in [1.82, 2.24) is 10.2 Å². The fraction of sp³-hybridized carbons (Fsp3) is 0.600. The van der Waals surface area contributed by atoms with E-state index in [-0.39, 0.29) is 36.3 Å². The Hall–Kier alpha value is -1.88. The number of benzene rings is 1. The number of likely N-dealkylation sites (tertiary alicyclic amines) is 1. The van der Waals surface area contributed by atoms with Gasteiger partial charge in [0.25, 0.3) is 0 Å². The number of hydrogen-bond donors (Lipinski definition) is 2. The highest BCUT2D eigenvalue weighted by Crippen LogP contribution is 2.38. The SMILES string of the molecule is O=C(CCC(=O)N1CCC(O)CC1)NC1(c2ccccc2)CCCC1. The molecular formula is C20H28N2O3. The van der Waals surface area contributed by atoms with Crippen molar-refractivity contribution < 1.29 is 14.7 Å². The number of nitrogens with zero attached hydrogens (tertiary/aromatic N) is 1. The first-order valence-corrected chi connectivity index (χ1v) is 9.41. The van der Waals surface area contributed by atoms with E-state index in [0.29, 0.717) is 25.9 Å². The van der Waals surface area contributed by atoms with E-state index in [4.69, 9.17) is 0 Å². The summed E-state index contributed by atoms with van der Waals surface area (Å²) in [6.45, 7) is 1.19. The minimum Gasteiger partial charge on any atom is -0.393 e. The number of aliphatic hydroxyl groups excluding tert-OH is 1. The summed E-state index contributed by atoms with van der Waals surface area (Å²) < 4.78 is 0. The maximum atomic E-state index is 12.5. The fourth-order valence-electron chi connectivity index (χ4n) is 4.04. The molecule has 1 saturated carbocycles. The van der Waals surface area contributed by atoms with Gasteiger partial charge in [0.05, 0.1) is 11.6 Å². The second-order valence-electron chi connectivity index (χ2n) is 7.32. The molecule has 1 aromatic rings. The van der Waals surface area contributed by atoms with Gasteiger partial charge in [0, 0.05) is 25.9 Å². The first-order chi connectivity index (χ1) is 12.1. The third-order valence-corrected chi connectivity index (χ3v) is 5.55. The zero-order valence-electron chi connectivity index (χ0n) is 14.7. The summed E-state index contributed by atoms with van der Waals surface area (Å²) in [7, 11) is 0. The van der Waals surface area contributed by atoms with Crippen LogP contribution in [0.1, 0.15) is 56.9 Å². The predicted molar refractivity (Wildman–Crippen MR) is 95.8 cm³/mol. The van der Waals surface area contributed by atoms with Gasteiger partial charge in [-0.1, -0.05) is 43.2 Å². The lowest BCUT2D eigenvalue weighted by Gasteiger charge is -2.32. The van der Waals surface area contributed by atoms with Crippen LogP contribution in [0.25, 0.3) is 0 Å². The van der Waals surface area contributed by atoms with Crippen LogP contribution in [0.3, 0.4) is 0 Å². The maximum absolute atomic E-state index is 12.5. The molecule has 0 unspecified atom stereocenters. The quantitative estimate of drug-likeness (QED) is 0.861. The van der Waals surface area contributed by atoms with Gasteiger partial charge in [-0.25, -0.2) is 0 Å². The van der Waals surface area contributed by atoms with Gasteiger partial charge >= 0.3 is 0 Å². The molecule has 0 aromatic heterocycles. The molecule has 2 fully saturated rings. The van der Waals surface area contributed by atoms with Crippen molar-refractivity contribution in [2.75, 3.05) is 13.1 Å². The number of rotatable bonds is 5. The van der Waals surface area contributed by atoms with Gasteiger partial charge in [-0.3, -0.25) is 9.59 Å². The van der Waals surface area contributed by atoms with E-state index in [9.17, 15) is 14.7 Å². The molecule has 1 aromatic carbocycles. The van der Waals surface area contributed by atoms with E-state index in [1.807, 2.05) is 18.2 Å². The average Bonchev–Trinajstić information content (AvgIpc) is 3.11. The Morgan fingerprint density at radius 1 is 1.08 bits per heavy atom. The highest BCUT2D eigenvalue weighted by molar-refractivity contribution is 5.84. The van der Waals surface area contributed by atoms with Crippen LogP contribution in [0.15, 0.2) is 30.3 Å². The molecule has 2 amide bonds. The Labute approximate surface area is 149 Å². The molecule has 5 heteroatoms. The number of hydrogen-bond acceptors (Lipinski definition) is 3. The number of amides is 2. The molecule has 136 valence electrons. The van der Waals surface area contributed by atoms with Crippen molar-refractivity contribution in [3.05, 3.63) is 35.9 Å². The molecule has 1 saturated heterocycles. The third-order valence-electron chi connectivity index (χ3n) is 5.55. The first-order valence-electron chi connectivity index (χ1n) is 9.41. The molecule has 2 aliphatic rings. The van der Waals surface area contributed by atoms with E-state index in [2.05, 4.69) is 17.4 Å². The van der Waals surface area contributed by atoms with Crippen molar-refractivity contribution in [3.63, 3.8) is 0 Å². The van der Waals surface area contributed by atoms with Gasteiger partial charge in [-0.05, 0) is 31.2 Å². The number of aliphatic hydroxyl groups is 1. The smallest absolute Gasteiger partial charge is 0.223 e. The van der Waals surface area contributed by atoms with E-state index in [1.54, 1.807) is 4.90 Å². The lowest BCUT2D eigenvalue weighted by atomic mass is 9.88. The summed E-state index contributed by atoms with van der Waals surface area (Å²) in [6, 6.07) is 10.2. The van der Waals surface area contributed by atoms with Gasteiger partial charge in [0.15, 0.2) is 0 Å². The lowest BCUT2D eigenvalue weighted by Crippen LogP contribution is -2.44. The van der Waals surface area contributed by atoms with Gasteiger partial charge in [-0.2, -0.15) is 0 Å². The van der Waals surface area contributed by atoms with E-state index in [1.165, 1.54) is 0 Å². The first kappa shape index (κ1) is 17.9. The number of piperidine rings is 1. The van der Waals surface area contributed by atoms with Gasteiger partial charge < -0.3 is 15.3 Å². The Morgan fingerprint density at radius 2 is 1.72 bits per heavy atom. The average molecular weight is 344 g/mol. The van der Waals surface area contributed by atoms with Crippen LogP contribution in [-0.4, -0.2) is 41.0 Å². The van der Waals surface area contributed by atoms with Gasteiger partial charge in [0.2, 0.25) is 11.8 Å². The monoisotopic (exact) mass is 344 g/mol. The van der Waals surface area contributed by atoms with Crippen molar-refractivity contribution in [1.29, 1.82) is 0 Å². The van der Waals surface area contributed by atoms with Crippen LogP contribution in [-0.2, 0) is 15.1 Å². The van der Waals surface area contributed by atoms with Crippen molar-refractivity contribution in [2.24, 2.45) is 0 Å². The van der Waals surface area contributed by atoms with Gasteiger partial charge in [-0.15, -0.1) is 0 Å². The molecule has 0 spiro atoms. The maximum Gasteiger partial charge on any atom is 0.223 e. The number of carbonyl (C=O) groups excluding carboxylic acids is 2. The van der Waals surface area contributed by atoms with Crippen LogP contribution in [0, 0.1) is 0 Å². The molecule has 0 radical (unpaired) electrons. The zero-order valence-corrected chi connectivity index (χ0v) is 14.7.